The number of carbonyl (C=O) groups is 2. The first-order valence-corrected chi connectivity index (χ1v) is 9.65. The van der Waals surface area contributed by atoms with Gasteiger partial charge in [0.1, 0.15) is 11.6 Å². The second-order valence-corrected chi connectivity index (χ2v) is 7.39. The fourth-order valence-corrected chi connectivity index (χ4v) is 3.90. The van der Waals surface area contributed by atoms with Gasteiger partial charge in [-0.05, 0) is 49.4 Å². The zero-order chi connectivity index (χ0) is 21.9. The third-order valence-electron chi connectivity index (χ3n) is 5.20. The first kappa shape index (κ1) is 19.2. The first-order valence-electron chi connectivity index (χ1n) is 9.27. The summed E-state index contributed by atoms with van der Waals surface area (Å²) in [6.45, 7) is 1.75. The van der Waals surface area contributed by atoms with Gasteiger partial charge in [-0.3, -0.25) is 9.59 Å². The van der Waals surface area contributed by atoms with Crippen LogP contribution in [0.3, 0.4) is 0 Å². The number of hydrogen-bond donors (Lipinski definition) is 0. The Bertz CT molecular complexity index is 1400. The van der Waals surface area contributed by atoms with Gasteiger partial charge >= 0.3 is 0 Å². The van der Waals surface area contributed by atoms with E-state index >= 15 is 0 Å². The predicted octanol–water partition coefficient (Wildman–Crippen LogP) is 4.33. The second-order valence-electron chi connectivity index (χ2n) is 6.98. The SMILES string of the molecule is COc1ccc(-n2nc(C)c3c4c(cnc32)C(=O)N(c2ccc(F)c(Cl)c2)C4=O)cc1. The highest BCUT2D eigenvalue weighted by Gasteiger charge is 2.40. The Morgan fingerprint density at radius 1 is 1.03 bits per heavy atom. The summed E-state index contributed by atoms with van der Waals surface area (Å²) >= 11 is 5.85. The monoisotopic (exact) mass is 436 g/mol. The van der Waals surface area contributed by atoms with Gasteiger partial charge in [-0.1, -0.05) is 11.6 Å². The zero-order valence-corrected chi connectivity index (χ0v) is 17.1. The number of halogens is 2. The van der Waals surface area contributed by atoms with Gasteiger partial charge in [-0.2, -0.15) is 5.10 Å². The van der Waals surface area contributed by atoms with Crippen LogP contribution in [0.2, 0.25) is 5.02 Å². The van der Waals surface area contributed by atoms with E-state index in [1.165, 1.54) is 18.3 Å². The average Bonchev–Trinajstić information content (AvgIpc) is 3.24. The van der Waals surface area contributed by atoms with Crippen LogP contribution in [0.5, 0.6) is 5.75 Å². The minimum absolute atomic E-state index is 0.162. The number of aryl methyl sites for hydroxylation is 1. The quantitative estimate of drug-likeness (QED) is 0.447. The lowest BCUT2D eigenvalue weighted by atomic mass is 10.1. The number of methoxy groups -OCH3 is 1. The Labute approximate surface area is 180 Å². The van der Waals surface area contributed by atoms with Crippen LogP contribution in [0.25, 0.3) is 16.7 Å². The minimum Gasteiger partial charge on any atom is -0.497 e. The van der Waals surface area contributed by atoms with Crippen molar-refractivity contribution in [2.24, 2.45) is 0 Å². The Kier molecular flexibility index (Phi) is 4.26. The molecule has 1 aliphatic rings. The molecule has 0 unspecified atom stereocenters. The molecule has 4 aromatic rings. The highest BCUT2D eigenvalue weighted by Crippen LogP contribution is 2.35. The van der Waals surface area contributed by atoms with Crippen molar-refractivity contribution in [1.29, 1.82) is 0 Å². The van der Waals surface area contributed by atoms with E-state index in [-0.39, 0.29) is 21.8 Å². The maximum atomic E-state index is 13.6. The molecular weight excluding hydrogens is 423 g/mol. The largest absolute Gasteiger partial charge is 0.497 e. The van der Waals surface area contributed by atoms with E-state index in [4.69, 9.17) is 16.3 Å². The Morgan fingerprint density at radius 3 is 2.42 bits per heavy atom. The Hall–Kier alpha value is -3.78. The number of anilines is 1. The number of benzene rings is 2. The fourth-order valence-electron chi connectivity index (χ4n) is 3.72. The van der Waals surface area contributed by atoms with E-state index in [1.54, 1.807) is 30.8 Å². The Morgan fingerprint density at radius 2 is 1.74 bits per heavy atom. The van der Waals surface area contributed by atoms with Crippen LogP contribution in [-0.2, 0) is 0 Å². The van der Waals surface area contributed by atoms with Crippen LogP contribution in [-0.4, -0.2) is 33.7 Å². The van der Waals surface area contributed by atoms with E-state index in [0.29, 0.717) is 22.5 Å². The molecule has 2 aromatic heterocycles. The third kappa shape index (κ3) is 2.79. The number of rotatable bonds is 3. The average molecular weight is 437 g/mol. The summed E-state index contributed by atoms with van der Waals surface area (Å²) in [6.07, 6.45) is 1.37. The van der Waals surface area contributed by atoms with Gasteiger partial charge in [0, 0.05) is 6.20 Å². The molecule has 0 spiro atoms. The van der Waals surface area contributed by atoms with Crippen molar-refractivity contribution >= 4 is 40.1 Å². The summed E-state index contributed by atoms with van der Waals surface area (Å²) in [4.78, 5) is 31.7. The van der Waals surface area contributed by atoms with E-state index in [2.05, 4.69) is 10.1 Å². The highest BCUT2D eigenvalue weighted by molar-refractivity contribution is 6.38. The number of carbonyl (C=O) groups excluding carboxylic acids is 2. The molecule has 7 nitrogen and oxygen atoms in total. The lowest BCUT2D eigenvalue weighted by Crippen LogP contribution is -2.29. The molecule has 3 heterocycles. The van der Waals surface area contributed by atoms with Crippen molar-refractivity contribution in [3.8, 4) is 11.4 Å². The van der Waals surface area contributed by atoms with Crippen LogP contribution in [0, 0.1) is 12.7 Å². The molecule has 0 N–H and O–H groups in total. The highest BCUT2D eigenvalue weighted by atomic mass is 35.5. The van der Waals surface area contributed by atoms with Crippen molar-refractivity contribution in [3.63, 3.8) is 0 Å². The maximum Gasteiger partial charge on any atom is 0.267 e. The number of pyridine rings is 1. The van der Waals surface area contributed by atoms with Gasteiger partial charge in [0.25, 0.3) is 11.8 Å². The summed E-state index contributed by atoms with van der Waals surface area (Å²) < 4.78 is 20.4. The third-order valence-corrected chi connectivity index (χ3v) is 5.49. The molecule has 2 aromatic carbocycles. The van der Waals surface area contributed by atoms with Crippen molar-refractivity contribution in [3.05, 3.63) is 76.3 Å². The number of amides is 2. The van der Waals surface area contributed by atoms with Gasteiger partial charge in [-0.25, -0.2) is 19.0 Å². The lowest BCUT2D eigenvalue weighted by Gasteiger charge is -2.14. The molecule has 2 amide bonds. The van der Waals surface area contributed by atoms with Gasteiger partial charge < -0.3 is 4.74 Å². The summed E-state index contributed by atoms with van der Waals surface area (Å²) in [7, 11) is 1.58. The summed E-state index contributed by atoms with van der Waals surface area (Å²) in [5.74, 6) is -1.02. The molecule has 5 rings (SSSR count). The normalized spacial score (nSPS) is 13.2. The summed E-state index contributed by atoms with van der Waals surface area (Å²) in [5, 5.41) is 4.85. The molecule has 0 fully saturated rings. The van der Waals surface area contributed by atoms with Crippen molar-refractivity contribution in [2.75, 3.05) is 12.0 Å². The molecule has 154 valence electrons. The molecule has 0 aliphatic carbocycles. The van der Waals surface area contributed by atoms with E-state index < -0.39 is 17.6 Å². The molecule has 9 heteroatoms. The van der Waals surface area contributed by atoms with E-state index in [9.17, 15) is 14.0 Å². The smallest absolute Gasteiger partial charge is 0.267 e. The molecular formula is C22H14ClFN4O3. The molecule has 0 atom stereocenters. The van der Waals surface area contributed by atoms with Crippen molar-refractivity contribution in [2.45, 2.75) is 6.92 Å². The van der Waals surface area contributed by atoms with Gasteiger partial charge in [0.2, 0.25) is 0 Å². The number of fused-ring (bicyclic) bond motifs is 3. The molecule has 1 aliphatic heterocycles. The van der Waals surface area contributed by atoms with E-state index in [0.717, 1.165) is 16.7 Å². The van der Waals surface area contributed by atoms with Crippen LogP contribution in [0.1, 0.15) is 26.4 Å². The van der Waals surface area contributed by atoms with Crippen LogP contribution in [0.4, 0.5) is 10.1 Å². The van der Waals surface area contributed by atoms with Crippen molar-refractivity contribution < 1.29 is 18.7 Å². The van der Waals surface area contributed by atoms with Gasteiger partial charge in [0.15, 0.2) is 5.65 Å². The number of hydrogen-bond acceptors (Lipinski definition) is 5. The molecule has 0 saturated carbocycles. The predicted molar refractivity (Wildman–Crippen MR) is 113 cm³/mol. The number of ether oxygens (including phenoxy) is 1. The van der Waals surface area contributed by atoms with Crippen molar-refractivity contribution in [1.82, 2.24) is 14.8 Å². The topological polar surface area (TPSA) is 77.3 Å². The molecule has 0 bridgehead atoms. The van der Waals surface area contributed by atoms with Crippen LogP contribution in [0.15, 0.2) is 48.7 Å². The summed E-state index contributed by atoms with van der Waals surface area (Å²) in [6, 6.07) is 10.9. The molecule has 31 heavy (non-hydrogen) atoms. The van der Waals surface area contributed by atoms with Crippen LogP contribution >= 0.6 is 11.6 Å². The number of nitrogens with zero attached hydrogens (tertiary/aromatic N) is 4. The maximum absolute atomic E-state index is 13.6. The lowest BCUT2D eigenvalue weighted by molar-refractivity contribution is 0.0926. The van der Waals surface area contributed by atoms with Gasteiger partial charge in [-0.15, -0.1) is 0 Å². The standard InChI is InChI=1S/C22H14ClFN4O3/c1-11-18-19-15(21(29)27(22(19)30)13-5-8-17(24)16(23)9-13)10-25-20(18)28(26-11)12-3-6-14(31-2)7-4-12/h3-10H,1-2H3. The number of imide groups is 1. The molecule has 0 radical (unpaired) electrons. The second kappa shape index (κ2) is 6.88. The zero-order valence-electron chi connectivity index (χ0n) is 16.4. The summed E-state index contributed by atoms with van der Waals surface area (Å²) in [5.41, 5.74) is 2.29. The van der Waals surface area contributed by atoms with Gasteiger partial charge in [0.05, 0.1) is 45.7 Å². The van der Waals surface area contributed by atoms with E-state index in [1.807, 2.05) is 12.1 Å². The fraction of sp³-hybridized carbons (Fsp3) is 0.0909. The van der Waals surface area contributed by atoms with Crippen LogP contribution < -0.4 is 9.64 Å². The first-order chi connectivity index (χ1) is 14.9. The minimum atomic E-state index is -0.636. The number of aromatic nitrogens is 3. The molecule has 0 saturated heterocycles. The Balaban J connectivity index is 1.67.